The van der Waals surface area contributed by atoms with Gasteiger partial charge in [-0.15, -0.1) is 11.8 Å². The van der Waals surface area contributed by atoms with E-state index in [1.807, 2.05) is 0 Å². The van der Waals surface area contributed by atoms with Crippen LogP contribution in [-0.2, 0) is 11.0 Å². The Bertz CT molecular complexity index is 1010. The molecule has 4 nitrogen and oxygen atoms in total. The number of nitrogens with one attached hydrogen (secondary N) is 1. The van der Waals surface area contributed by atoms with Gasteiger partial charge in [0.2, 0.25) is 5.91 Å². The lowest BCUT2D eigenvalue weighted by atomic mass is 10.2. The van der Waals surface area contributed by atoms with Crippen molar-refractivity contribution in [2.24, 2.45) is 0 Å². The third-order valence-corrected chi connectivity index (χ3v) is 4.50. The van der Waals surface area contributed by atoms with E-state index >= 15 is 0 Å². The summed E-state index contributed by atoms with van der Waals surface area (Å²) >= 11 is 1.11. The molecule has 0 saturated heterocycles. The van der Waals surface area contributed by atoms with Gasteiger partial charge in [0, 0.05) is 22.0 Å². The molecule has 1 aromatic heterocycles. The van der Waals surface area contributed by atoms with Crippen molar-refractivity contribution in [2.75, 3.05) is 11.1 Å². The Morgan fingerprint density at radius 3 is 2.62 bits per heavy atom. The molecule has 0 atom stereocenters. The predicted octanol–water partition coefficient (Wildman–Crippen LogP) is 4.54. The van der Waals surface area contributed by atoms with Crippen LogP contribution in [0.5, 0.6) is 0 Å². The minimum absolute atomic E-state index is 0.0582. The number of benzene rings is 2. The average molecular weight is 379 g/mol. The second-order valence-corrected chi connectivity index (χ2v) is 6.36. The Kier molecular flexibility index (Phi) is 5.03. The molecule has 0 spiro atoms. The molecular weight excluding hydrogens is 367 g/mol. The number of fused-ring (bicyclic) bond motifs is 1. The topological polar surface area (TPSA) is 59.3 Å². The summed E-state index contributed by atoms with van der Waals surface area (Å²) in [7, 11) is 0. The first-order valence-corrected chi connectivity index (χ1v) is 8.44. The van der Waals surface area contributed by atoms with Gasteiger partial charge >= 0.3 is 11.8 Å². The van der Waals surface area contributed by atoms with Crippen LogP contribution >= 0.6 is 11.8 Å². The van der Waals surface area contributed by atoms with E-state index < -0.39 is 23.3 Å². The molecule has 3 aromatic rings. The summed E-state index contributed by atoms with van der Waals surface area (Å²) in [6.45, 7) is 0. The number of para-hydroxylation sites is 1. The third kappa shape index (κ3) is 4.26. The number of halogens is 3. The zero-order chi connectivity index (χ0) is 18.7. The minimum atomic E-state index is -4.48. The fourth-order valence-corrected chi connectivity index (χ4v) is 3.18. The zero-order valence-corrected chi connectivity index (χ0v) is 14.0. The molecule has 8 heteroatoms. The number of amides is 1. The molecule has 1 heterocycles. The van der Waals surface area contributed by atoms with Crippen LogP contribution in [0, 0.1) is 0 Å². The van der Waals surface area contributed by atoms with Crippen LogP contribution in [-0.4, -0.2) is 11.7 Å². The Balaban J connectivity index is 1.71. The van der Waals surface area contributed by atoms with Gasteiger partial charge in [0.05, 0.1) is 11.3 Å². The standard InChI is InChI=1S/C18H12F3NO3S/c19-18(20,21)11-4-3-5-12(8-11)22-16(23)10-26-15-9-17(24)25-14-7-2-1-6-13(14)15/h1-9H,10H2,(H,22,23). The molecule has 0 saturated carbocycles. The number of carbonyl (C=O) groups is 1. The highest BCUT2D eigenvalue weighted by molar-refractivity contribution is 8.00. The molecular formula is C18H12F3NO3S. The molecule has 26 heavy (non-hydrogen) atoms. The van der Waals surface area contributed by atoms with Gasteiger partial charge in [-0.05, 0) is 24.3 Å². The zero-order valence-electron chi connectivity index (χ0n) is 13.2. The number of anilines is 1. The first-order valence-electron chi connectivity index (χ1n) is 7.46. The van der Waals surface area contributed by atoms with Crippen LogP contribution < -0.4 is 10.9 Å². The molecule has 0 bridgehead atoms. The molecule has 0 aliphatic heterocycles. The second kappa shape index (κ2) is 7.25. The van der Waals surface area contributed by atoms with Gasteiger partial charge in [0.15, 0.2) is 0 Å². The summed E-state index contributed by atoms with van der Waals surface area (Å²) in [6, 6.07) is 12.6. The van der Waals surface area contributed by atoms with Crippen LogP contribution in [0.1, 0.15) is 5.56 Å². The van der Waals surface area contributed by atoms with E-state index in [2.05, 4.69) is 5.32 Å². The summed E-state index contributed by atoms with van der Waals surface area (Å²) < 4.78 is 43.2. The lowest BCUT2D eigenvalue weighted by Gasteiger charge is -2.10. The molecule has 1 N–H and O–H groups in total. The first kappa shape index (κ1) is 18.1. The van der Waals surface area contributed by atoms with Gasteiger partial charge in [0.1, 0.15) is 5.58 Å². The van der Waals surface area contributed by atoms with Crippen molar-refractivity contribution in [3.8, 4) is 0 Å². The molecule has 0 unspecified atom stereocenters. The van der Waals surface area contributed by atoms with Gasteiger partial charge in [-0.2, -0.15) is 13.2 Å². The Labute approximate surface area is 150 Å². The number of rotatable bonds is 4. The summed E-state index contributed by atoms with van der Waals surface area (Å²) in [4.78, 5) is 24.2. The number of hydrogen-bond acceptors (Lipinski definition) is 4. The fraction of sp³-hybridized carbons (Fsp3) is 0.111. The van der Waals surface area contributed by atoms with E-state index in [0.717, 1.165) is 23.9 Å². The maximum absolute atomic E-state index is 12.7. The molecule has 0 aliphatic rings. The smallest absolute Gasteiger partial charge is 0.416 e. The van der Waals surface area contributed by atoms with Crippen LogP contribution in [0.25, 0.3) is 11.0 Å². The Morgan fingerprint density at radius 2 is 1.85 bits per heavy atom. The van der Waals surface area contributed by atoms with E-state index in [4.69, 9.17) is 4.42 Å². The number of alkyl halides is 3. The number of carbonyl (C=O) groups excluding carboxylic acids is 1. The first-order chi connectivity index (χ1) is 12.3. The van der Waals surface area contributed by atoms with E-state index in [0.29, 0.717) is 15.9 Å². The van der Waals surface area contributed by atoms with Crippen LogP contribution in [0.3, 0.4) is 0 Å². The van der Waals surface area contributed by atoms with Crippen molar-refractivity contribution in [1.29, 1.82) is 0 Å². The van der Waals surface area contributed by atoms with Crippen molar-refractivity contribution in [2.45, 2.75) is 11.1 Å². The summed E-state index contributed by atoms with van der Waals surface area (Å²) in [5.41, 5.74) is -0.914. The van der Waals surface area contributed by atoms with Crippen molar-refractivity contribution in [3.05, 3.63) is 70.6 Å². The van der Waals surface area contributed by atoms with Crippen molar-refractivity contribution < 1.29 is 22.4 Å². The lowest BCUT2D eigenvalue weighted by Crippen LogP contribution is -2.15. The van der Waals surface area contributed by atoms with Gasteiger partial charge in [-0.3, -0.25) is 4.79 Å². The maximum atomic E-state index is 12.7. The molecule has 0 radical (unpaired) electrons. The average Bonchev–Trinajstić information content (AvgIpc) is 2.59. The van der Waals surface area contributed by atoms with Crippen LogP contribution in [0.4, 0.5) is 18.9 Å². The van der Waals surface area contributed by atoms with Crippen molar-refractivity contribution >= 4 is 34.3 Å². The monoisotopic (exact) mass is 379 g/mol. The molecule has 134 valence electrons. The van der Waals surface area contributed by atoms with E-state index in [9.17, 15) is 22.8 Å². The Morgan fingerprint density at radius 1 is 1.08 bits per heavy atom. The predicted molar refractivity (Wildman–Crippen MR) is 93.3 cm³/mol. The van der Waals surface area contributed by atoms with Gasteiger partial charge in [-0.25, -0.2) is 4.79 Å². The SMILES string of the molecule is O=C(CSc1cc(=O)oc2ccccc12)Nc1cccc(C(F)(F)F)c1. The number of thioether (sulfide) groups is 1. The molecule has 3 rings (SSSR count). The van der Waals surface area contributed by atoms with E-state index in [1.54, 1.807) is 24.3 Å². The summed E-state index contributed by atoms with van der Waals surface area (Å²) in [5.74, 6) is -0.546. The molecule has 1 amide bonds. The van der Waals surface area contributed by atoms with Crippen molar-refractivity contribution in [3.63, 3.8) is 0 Å². The quantitative estimate of drug-likeness (QED) is 0.534. The second-order valence-electron chi connectivity index (χ2n) is 5.34. The third-order valence-electron chi connectivity index (χ3n) is 3.44. The number of hydrogen-bond donors (Lipinski definition) is 1. The van der Waals surface area contributed by atoms with Gasteiger partial charge < -0.3 is 9.73 Å². The highest BCUT2D eigenvalue weighted by Gasteiger charge is 2.30. The summed E-state index contributed by atoms with van der Waals surface area (Å²) in [6.07, 6.45) is -4.48. The van der Waals surface area contributed by atoms with Crippen LogP contribution in [0.15, 0.2) is 68.7 Å². The minimum Gasteiger partial charge on any atom is -0.423 e. The van der Waals surface area contributed by atoms with Gasteiger partial charge in [-0.1, -0.05) is 24.3 Å². The highest BCUT2D eigenvalue weighted by atomic mass is 32.2. The lowest BCUT2D eigenvalue weighted by molar-refractivity contribution is -0.137. The normalized spacial score (nSPS) is 11.5. The summed E-state index contributed by atoms with van der Waals surface area (Å²) in [5, 5.41) is 3.11. The molecule has 2 aromatic carbocycles. The van der Waals surface area contributed by atoms with E-state index in [-0.39, 0.29) is 11.4 Å². The Hall–Kier alpha value is -2.74. The van der Waals surface area contributed by atoms with Crippen LogP contribution in [0.2, 0.25) is 0 Å². The van der Waals surface area contributed by atoms with Gasteiger partial charge in [0.25, 0.3) is 0 Å². The maximum Gasteiger partial charge on any atom is 0.416 e. The highest BCUT2D eigenvalue weighted by Crippen LogP contribution is 2.31. The largest absolute Gasteiger partial charge is 0.423 e. The fourth-order valence-electron chi connectivity index (χ4n) is 2.31. The molecule has 0 aliphatic carbocycles. The van der Waals surface area contributed by atoms with E-state index in [1.165, 1.54) is 18.2 Å². The molecule has 0 fully saturated rings. The van der Waals surface area contributed by atoms with Crippen molar-refractivity contribution in [1.82, 2.24) is 0 Å².